The number of allylic oxidation sites excluding steroid dienone is 4. The molecule has 0 saturated heterocycles. The van der Waals surface area contributed by atoms with Gasteiger partial charge in [0.15, 0.2) is 29.1 Å². The number of pyridine rings is 3. The van der Waals surface area contributed by atoms with Crippen molar-refractivity contribution in [2.75, 3.05) is 6.16 Å². The Labute approximate surface area is 794 Å². The summed E-state index contributed by atoms with van der Waals surface area (Å²) in [6.45, 7) is 20.7. The molecule has 0 bridgehead atoms. The fraction of sp³-hybridized carbons (Fsp3) is 0.0660. The minimum atomic E-state index is -1.28. The van der Waals surface area contributed by atoms with E-state index >= 15 is 0 Å². The summed E-state index contributed by atoms with van der Waals surface area (Å²) in [5.74, 6) is 5.94. The molecule has 1 unspecified atom stereocenters. The van der Waals surface area contributed by atoms with Crippen molar-refractivity contribution in [3.05, 3.63) is 485 Å². The Morgan fingerprint density at radius 2 is 0.960 bits per heavy atom. The van der Waals surface area contributed by atoms with Crippen LogP contribution in [0.25, 0.3) is 44.8 Å². The number of rotatable bonds is 19. The molecule has 0 amide bonds. The number of hydrogen-bond donors (Lipinski definition) is 1. The summed E-state index contributed by atoms with van der Waals surface area (Å²) in [6, 6.07) is 131. The van der Waals surface area contributed by atoms with Crippen LogP contribution in [0.5, 0.6) is 11.5 Å². The molecule has 126 heavy (non-hydrogen) atoms. The number of benzene rings is 12. The molecular formula is C106H97BCu3N9O3P3Pt-3. The minimum absolute atomic E-state index is 0. The molecule has 20 heteroatoms. The van der Waals surface area contributed by atoms with Crippen molar-refractivity contribution < 1.29 is 91.5 Å². The van der Waals surface area contributed by atoms with Gasteiger partial charge in [0.05, 0.1) is 17.3 Å². The van der Waals surface area contributed by atoms with E-state index in [1.807, 2.05) is 170 Å². The fourth-order valence-electron chi connectivity index (χ4n) is 13.1. The van der Waals surface area contributed by atoms with Gasteiger partial charge in [-0.15, -0.1) is 78.0 Å². The standard InChI is InChI=1S/C36H28OP2.C17H20NP.C14H12N.C13H9N4.C11H8N.C10H10BN2.C5H8O2.3Cu.Pt/c1-5-17-29(18-6-1)38(30-19-7-2-8-20-30)35-27-15-13-25-33(35)37-34-26-14-16-28-36(34)39(31-21-9-3-10-22-31)32-23-11-4-12-24-32;1-13(2)12-19-17-11-7-6-10-16(17)18-15-9-5-4-8-14(15)3;1-11-7-3-5-9-13(11)15-14-10-6-4-8-12(14)2;1-2-6-10(7-3-1)12-15-13(17-16-12)11-8-4-5-9-14-11;1-2-6-10(7-3-1)11-8-4-5-9-12-11;1-3-7-12-9-13-8-4-2-6-11(13)10(12)5-1;1-4(6)3-5(2)7;;;;/h1-28H;4-11,13,19H,3,12H2,1-2H3;3-10H,1-2H2;1-9H;1-6,8-9H;1-8H,9H2;3,6H,1-2H3;;;;/q;-2;-3;2*-1;+1;;;;+1;/p+2. The molecule has 0 fully saturated rings. The second kappa shape index (κ2) is 53.6. The maximum Gasteiger partial charge on any atom is 1.00 e. The molecular weight excluding hydrogens is 1940 g/mol. The van der Waals surface area contributed by atoms with Crippen molar-refractivity contribution in [3.8, 4) is 45.7 Å². The fourth-order valence-corrected chi connectivity index (χ4v) is 19.6. The number of para-hydroxylation sites is 6. The minimum Gasteiger partial charge on any atom is -0.774 e. The van der Waals surface area contributed by atoms with Crippen LogP contribution in [0.4, 0.5) is 22.7 Å². The van der Waals surface area contributed by atoms with E-state index in [2.05, 4.69) is 317 Å². The molecule has 6 heterocycles. The van der Waals surface area contributed by atoms with Crippen LogP contribution >= 0.6 is 24.4 Å². The zero-order chi connectivity index (χ0) is 84.9. The molecule has 16 aromatic rings. The topological polar surface area (TPSA) is 148 Å². The normalized spacial score (nSPS) is 11.1. The van der Waals surface area contributed by atoms with Crippen LogP contribution in [0.15, 0.2) is 431 Å². The Balaban J connectivity index is 0.000000193. The molecule has 1 atom stereocenters. The molecule has 0 saturated carbocycles. The van der Waals surface area contributed by atoms with E-state index in [9.17, 15) is 4.79 Å². The van der Waals surface area contributed by atoms with E-state index in [4.69, 9.17) is 15.2 Å². The Morgan fingerprint density at radius 1 is 0.532 bits per heavy atom. The van der Waals surface area contributed by atoms with Gasteiger partial charge >= 0.3 is 23.9 Å². The third-order valence-corrected chi connectivity index (χ3v) is 26.3. The maximum atomic E-state index is 10.0. The van der Waals surface area contributed by atoms with Gasteiger partial charge in [0.25, 0.3) is 0 Å². The summed E-state index contributed by atoms with van der Waals surface area (Å²) in [4.78, 5) is 25.1. The van der Waals surface area contributed by atoms with Gasteiger partial charge in [0, 0.05) is 79.7 Å². The van der Waals surface area contributed by atoms with Crippen LogP contribution in [0.2, 0.25) is 0 Å². The van der Waals surface area contributed by atoms with Crippen molar-refractivity contribution in [1.29, 1.82) is 0 Å². The van der Waals surface area contributed by atoms with E-state index < -0.39 is 15.8 Å². The first-order chi connectivity index (χ1) is 59.8. The van der Waals surface area contributed by atoms with Crippen molar-refractivity contribution in [1.82, 2.24) is 30.0 Å². The molecule has 648 valence electrons. The van der Waals surface area contributed by atoms with Crippen LogP contribution in [0.1, 0.15) is 44.4 Å². The van der Waals surface area contributed by atoms with E-state index in [-0.39, 0.29) is 83.8 Å². The van der Waals surface area contributed by atoms with Gasteiger partial charge in [0.2, 0.25) is 6.67 Å². The largest absolute Gasteiger partial charge is 1.00 e. The summed E-state index contributed by atoms with van der Waals surface area (Å²) in [5.41, 5.74) is 11.8. The number of carbonyl (C=O) groups excluding carboxylic acids is 1. The van der Waals surface area contributed by atoms with Crippen molar-refractivity contribution in [2.24, 2.45) is 5.92 Å². The molecule has 4 aromatic heterocycles. The summed E-state index contributed by atoms with van der Waals surface area (Å²) in [6.07, 6.45) is 14.4. The van der Waals surface area contributed by atoms with E-state index in [0.717, 1.165) is 94.6 Å². The first kappa shape index (κ1) is 99.8. The van der Waals surface area contributed by atoms with Crippen molar-refractivity contribution >= 4 is 103 Å². The Hall–Kier alpha value is -11.7. The summed E-state index contributed by atoms with van der Waals surface area (Å²) in [5, 5.41) is 35.0. The van der Waals surface area contributed by atoms with Crippen LogP contribution in [-0.2, 0) is 83.7 Å². The average Bonchev–Trinajstić information content (AvgIpc) is 1.69. The van der Waals surface area contributed by atoms with Gasteiger partial charge in [0.1, 0.15) is 47.7 Å². The summed E-state index contributed by atoms with van der Waals surface area (Å²) in [7, 11) is -1.74. The third-order valence-electron chi connectivity index (χ3n) is 18.9. The Bertz CT molecular complexity index is 5650. The number of aromatic nitrogens is 6. The van der Waals surface area contributed by atoms with E-state index in [1.165, 1.54) is 68.8 Å². The zero-order valence-electron chi connectivity index (χ0n) is 70.1. The Morgan fingerprint density at radius 3 is 1.41 bits per heavy atom. The van der Waals surface area contributed by atoms with Gasteiger partial charge in [-0.1, -0.05) is 229 Å². The molecule has 18 rings (SSSR count). The molecule has 12 nitrogen and oxygen atoms in total. The van der Waals surface area contributed by atoms with Crippen LogP contribution in [-0.4, -0.2) is 48.8 Å². The van der Waals surface area contributed by atoms with E-state index in [1.54, 1.807) is 12.4 Å². The van der Waals surface area contributed by atoms with Gasteiger partial charge in [-0.25, -0.2) is 37.5 Å². The predicted octanol–water partition coefficient (Wildman–Crippen LogP) is 21.8. The van der Waals surface area contributed by atoms with E-state index in [0.29, 0.717) is 18.5 Å². The number of aliphatic hydroxyl groups excluding tert-OH is 1. The second-order valence-corrected chi connectivity index (χ2v) is 34.7. The van der Waals surface area contributed by atoms with Crippen LogP contribution in [0.3, 0.4) is 0 Å². The summed E-state index contributed by atoms with van der Waals surface area (Å²) >= 11 is 0. The Kier molecular flexibility index (Phi) is 42.4. The molecule has 2 aliphatic heterocycles. The SMILES string of the molecule is C1=CB2c3cccc[n+]3CN2C=C1.CC(=O)C=C(C)O.[CH2-]c1ccccc1[N-]c1ccccc1PCC(C)C.[CH2-]c1ccccc1[N-]c1ccccc1[CH2-].[Cu+].[Cu].[Cu].[Pt].[c-]1ccccc1-c1ccccn1.c1ccc(-c2n[n-]c(-c3ccccn3)n2)cc1.c1ccc([PH+](c2ccccc2)c2ccccc2Oc2ccccc2[PH+](c2ccccc2)c2ccccc2)cc1. The first-order valence-corrected chi connectivity index (χ1v) is 44.5. The maximum absolute atomic E-state index is 10.0. The van der Waals surface area contributed by atoms with Gasteiger partial charge < -0.3 is 40.4 Å². The van der Waals surface area contributed by atoms with Crippen LogP contribution < -0.4 is 57.1 Å². The zero-order valence-corrected chi connectivity index (χ0v) is 78.2. The first-order valence-electron chi connectivity index (χ1n) is 40.3. The molecule has 12 aromatic carbocycles. The molecule has 1 N–H and O–H groups in total. The molecule has 0 aliphatic carbocycles. The van der Waals surface area contributed by atoms with Crippen molar-refractivity contribution in [2.45, 2.75) is 34.4 Å². The predicted molar refractivity (Wildman–Crippen MR) is 517 cm³/mol. The average molecular weight is 2030 g/mol. The third kappa shape index (κ3) is 30.3. The summed E-state index contributed by atoms with van der Waals surface area (Å²) < 4.78 is 9.22. The smallest absolute Gasteiger partial charge is 0.774 e. The quantitative estimate of drug-likeness (QED) is 0.0209. The number of ketones is 1. The van der Waals surface area contributed by atoms with Gasteiger partial charge in [-0.05, 0) is 158 Å². The number of ether oxygens (including phenoxy) is 1. The number of hydrogen-bond acceptors (Lipinski definition) is 8. The molecule has 2 aliphatic rings. The number of fused-ring (bicyclic) bond motifs is 3. The second-order valence-electron chi connectivity index (χ2n) is 28.6. The monoisotopic (exact) mass is 2030 g/mol. The number of carbonyl (C=O) groups is 1. The number of aliphatic hydroxyl groups is 1. The van der Waals surface area contributed by atoms with Crippen LogP contribution in [0, 0.1) is 32.8 Å². The van der Waals surface area contributed by atoms with Crippen molar-refractivity contribution in [3.63, 3.8) is 0 Å². The van der Waals surface area contributed by atoms with Gasteiger partial charge in [-0.2, -0.15) is 22.8 Å². The van der Waals surface area contributed by atoms with Gasteiger partial charge in [-0.3, -0.25) is 31.9 Å². The molecule has 0 spiro atoms. The molecule has 2 radical (unpaired) electrons. The number of nitrogens with zero attached hydrogens (tertiary/aromatic N) is 9.